The van der Waals surface area contributed by atoms with Crippen LogP contribution in [0.4, 0.5) is 0 Å². The van der Waals surface area contributed by atoms with Gasteiger partial charge >= 0.3 is 0 Å². The molecule has 0 heterocycles. The molecule has 2 rings (SSSR count). The van der Waals surface area contributed by atoms with Crippen molar-refractivity contribution in [3.63, 3.8) is 0 Å². The first-order valence-corrected chi connectivity index (χ1v) is 9.02. The van der Waals surface area contributed by atoms with Crippen LogP contribution in [-0.2, 0) is 22.4 Å². The van der Waals surface area contributed by atoms with Gasteiger partial charge in [-0.3, -0.25) is 9.59 Å². The highest BCUT2D eigenvalue weighted by Crippen LogP contribution is 2.24. The second kappa shape index (κ2) is 9.62. The van der Waals surface area contributed by atoms with Crippen LogP contribution in [0.25, 0.3) is 0 Å². The molecule has 0 saturated heterocycles. The van der Waals surface area contributed by atoms with E-state index in [1.807, 2.05) is 13.0 Å². The van der Waals surface area contributed by atoms with Crippen molar-refractivity contribution < 1.29 is 9.59 Å². The molecular formula is C20H26N4O2. The molecule has 6 nitrogen and oxygen atoms in total. The number of fused-ring (bicyclic) bond motifs is 1. The maximum absolute atomic E-state index is 12.3. The average molecular weight is 354 g/mol. The number of nitriles is 1. The topological polar surface area (TPSA) is 94.0 Å². The van der Waals surface area contributed by atoms with E-state index in [-0.39, 0.29) is 17.5 Å². The van der Waals surface area contributed by atoms with Crippen LogP contribution >= 0.6 is 0 Å². The number of amides is 2. The maximum atomic E-state index is 12.3. The summed E-state index contributed by atoms with van der Waals surface area (Å²) in [5, 5.41) is 17.6. The van der Waals surface area contributed by atoms with Crippen LogP contribution in [0, 0.1) is 11.3 Å². The monoisotopic (exact) mass is 354 g/mol. The van der Waals surface area contributed by atoms with Gasteiger partial charge in [-0.25, -0.2) is 0 Å². The van der Waals surface area contributed by atoms with Gasteiger partial charge in [0.25, 0.3) is 5.91 Å². The van der Waals surface area contributed by atoms with Crippen LogP contribution in [0.15, 0.2) is 30.0 Å². The molecule has 1 aromatic carbocycles. The van der Waals surface area contributed by atoms with Gasteiger partial charge in [0.1, 0.15) is 11.6 Å². The molecular weight excluding hydrogens is 328 g/mol. The van der Waals surface area contributed by atoms with Crippen molar-refractivity contribution in [1.82, 2.24) is 16.0 Å². The van der Waals surface area contributed by atoms with Gasteiger partial charge in [-0.2, -0.15) is 5.26 Å². The minimum atomic E-state index is -0.412. The Labute approximate surface area is 154 Å². The average Bonchev–Trinajstić information content (AvgIpc) is 2.63. The number of nitrogens with one attached hydrogen (secondary N) is 3. The van der Waals surface area contributed by atoms with Gasteiger partial charge in [-0.05, 0) is 49.3 Å². The molecule has 3 N–H and O–H groups in total. The Bertz CT molecular complexity index is 734. The Hall–Kier alpha value is -2.81. The molecule has 1 unspecified atom stereocenters. The maximum Gasteiger partial charge on any atom is 0.263 e. The molecule has 0 fully saturated rings. The summed E-state index contributed by atoms with van der Waals surface area (Å²) in [6, 6.07) is 8.10. The molecule has 138 valence electrons. The summed E-state index contributed by atoms with van der Waals surface area (Å²) in [6.07, 6.45) is 6.05. The molecule has 0 saturated carbocycles. The van der Waals surface area contributed by atoms with Crippen LogP contribution in [0.5, 0.6) is 0 Å². The van der Waals surface area contributed by atoms with Crippen LogP contribution < -0.4 is 16.0 Å². The quantitative estimate of drug-likeness (QED) is 0.396. The summed E-state index contributed by atoms with van der Waals surface area (Å²) in [6.45, 7) is 4.23. The van der Waals surface area contributed by atoms with E-state index in [4.69, 9.17) is 0 Å². The van der Waals surface area contributed by atoms with E-state index in [1.54, 1.807) is 0 Å². The first-order chi connectivity index (χ1) is 12.5. The molecule has 0 radical (unpaired) electrons. The lowest BCUT2D eigenvalue weighted by atomic mass is 9.89. The third-order valence-electron chi connectivity index (χ3n) is 4.47. The lowest BCUT2D eigenvalue weighted by Crippen LogP contribution is -2.30. The van der Waals surface area contributed by atoms with E-state index < -0.39 is 5.91 Å². The van der Waals surface area contributed by atoms with Crippen LogP contribution in [0.2, 0.25) is 0 Å². The van der Waals surface area contributed by atoms with Crippen molar-refractivity contribution in [2.24, 2.45) is 0 Å². The summed E-state index contributed by atoms with van der Waals surface area (Å²) in [4.78, 5) is 23.1. The zero-order valence-corrected chi connectivity index (χ0v) is 15.4. The van der Waals surface area contributed by atoms with Gasteiger partial charge in [0, 0.05) is 26.2 Å². The van der Waals surface area contributed by atoms with Gasteiger partial charge in [0.2, 0.25) is 5.91 Å². The smallest absolute Gasteiger partial charge is 0.263 e. The summed E-state index contributed by atoms with van der Waals surface area (Å²) >= 11 is 0. The predicted octanol–water partition coefficient (Wildman–Crippen LogP) is 1.88. The largest absolute Gasteiger partial charge is 0.388 e. The zero-order chi connectivity index (χ0) is 18.9. The second-order valence-electron chi connectivity index (χ2n) is 6.54. The SMILES string of the molecule is CC(=O)NCCN/C=C(/C#N)C(=O)NC(C)c1ccc2c(c1)CCCC2. The van der Waals surface area contributed by atoms with E-state index >= 15 is 0 Å². The minimum absolute atomic E-state index is 0.0117. The lowest BCUT2D eigenvalue weighted by molar-refractivity contribution is -0.119. The molecule has 0 aromatic heterocycles. The summed E-state index contributed by atoms with van der Waals surface area (Å²) in [5.74, 6) is -0.530. The standard InChI is InChI=1S/C20H26N4O2/c1-14(17-8-7-16-5-3-4-6-18(16)11-17)24-20(26)19(12-21)13-22-9-10-23-15(2)25/h7-8,11,13-14,22H,3-6,9-10H2,1-2H3,(H,23,25)(H,24,26)/b19-13-. The first kappa shape index (κ1) is 19.5. The molecule has 2 amide bonds. The summed E-state index contributed by atoms with van der Waals surface area (Å²) in [7, 11) is 0. The fourth-order valence-electron chi connectivity index (χ4n) is 3.01. The number of aryl methyl sites for hydroxylation is 2. The summed E-state index contributed by atoms with van der Waals surface area (Å²) < 4.78 is 0. The molecule has 0 aliphatic heterocycles. The van der Waals surface area contributed by atoms with E-state index in [1.165, 1.54) is 37.1 Å². The Kier molecular flexibility index (Phi) is 7.22. The van der Waals surface area contributed by atoms with Crippen molar-refractivity contribution in [3.05, 3.63) is 46.7 Å². The van der Waals surface area contributed by atoms with Crippen molar-refractivity contribution in [2.75, 3.05) is 13.1 Å². The lowest BCUT2D eigenvalue weighted by Gasteiger charge is -2.20. The van der Waals surface area contributed by atoms with Crippen molar-refractivity contribution in [3.8, 4) is 6.07 Å². The molecule has 0 spiro atoms. The fraction of sp³-hybridized carbons (Fsp3) is 0.450. The molecule has 1 atom stereocenters. The fourth-order valence-corrected chi connectivity index (χ4v) is 3.01. The normalized spacial score (nSPS) is 14.6. The number of benzene rings is 1. The Morgan fingerprint density at radius 1 is 1.23 bits per heavy atom. The number of rotatable bonds is 7. The number of carbonyl (C=O) groups excluding carboxylic acids is 2. The van der Waals surface area contributed by atoms with Crippen LogP contribution in [0.3, 0.4) is 0 Å². The van der Waals surface area contributed by atoms with Crippen LogP contribution in [0.1, 0.15) is 49.4 Å². The van der Waals surface area contributed by atoms with Crippen molar-refractivity contribution in [1.29, 1.82) is 5.26 Å². The zero-order valence-electron chi connectivity index (χ0n) is 15.4. The Morgan fingerprint density at radius 3 is 2.65 bits per heavy atom. The number of hydrogen-bond acceptors (Lipinski definition) is 4. The Morgan fingerprint density at radius 2 is 1.96 bits per heavy atom. The van der Waals surface area contributed by atoms with E-state index in [0.717, 1.165) is 18.4 Å². The highest BCUT2D eigenvalue weighted by molar-refractivity contribution is 5.97. The van der Waals surface area contributed by atoms with E-state index in [2.05, 4.69) is 34.1 Å². The number of hydrogen-bond donors (Lipinski definition) is 3. The van der Waals surface area contributed by atoms with Crippen molar-refractivity contribution in [2.45, 2.75) is 45.6 Å². The molecule has 0 bridgehead atoms. The number of nitrogens with zero attached hydrogens (tertiary/aromatic N) is 1. The molecule has 1 aromatic rings. The van der Waals surface area contributed by atoms with Gasteiger partial charge in [0.15, 0.2) is 0 Å². The molecule has 1 aliphatic carbocycles. The Balaban J connectivity index is 1.92. The van der Waals surface area contributed by atoms with Gasteiger partial charge < -0.3 is 16.0 Å². The van der Waals surface area contributed by atoms with E-state index in [9.17, 15) is 14.9 Å². The highest BCUT2D eigenvalue weighted by atomic mass is 16.2. The highest BCUT2D eigenvalue weighted by Gasteiger charge is 2.16. The van der Waals surface area contributed by atoms with Gasteiger partial charge in [-0.15, -0.1) is 0 Å². The third kappa shape index (κ3) is 5.62. The predicted molar refractivity (Wildman–Crippen MR) is 100 cm³/mol. The first-order valence-electron chi connectivity index (χ1n) is 9.02. The second-order valence-corrected chi connectivity index (χ2v) is 6.54. The molecule has 1 aliphatic rings. The van der Waals surface area contributed by atoms with Gasteiger partial charge in [0.05, 0.1) is 6.04 Å². The minimum Gasteiger partial charge on any atom is -0.388 e. The van der Waals surface area contributed by atoms with Gasteiger partial charge in [-0.1, -0.05) is 18.2 Å². The molecule has 26 heavy (non-hydrogen) atoms. The summed E-state index contributed by atoms with van der Waals surface area (Å²) in [5.41, 5.74) is 3.83. The van der Waals surface area contributed by atoms with Crippen molar-refractivity contribution >= 4 is 11.8 Å². The third-order valence-corrected chi connectivity index (χ3v) is 4.47. The molecule has 6 heteroatoms. The van der Waals surface area contributed by atoms with E-state index in [0.29, 0.717) is 13.1 Å². The number of carbonyl (C=O) groups is 2. The van der Waals surface area contributed by atoms with Crippen LogP contribution in [-0.4, -0.2) is 24.9 Å².